The van der Waals surface area contributed by atoms with Gasteiger partial charge in [-0.3, -0.25) is 4.90 Å². The van der Waals surface area contributed by atoms with Crippen molar-refractivity contribution in [3.05, 3.63) is 12.2 Å². The van der Waals surface area contributed by atoms with E-state index in [1.54, 1.807) is 0 Å². The minimum Gasteiger partial charge on any atom is -0.380 e. The standard InChI is InChI=1S/C12H24N4O/c1-11(2)10-15-12(13)14-4-6-16-5-3-8-17-9-7-16/h1,3-10H2,2H3,(H3,13,14,15). The van der Waals surface area contributed by atoms with Gasteiger partial charge in [0.2, 0.25) is 0 Å². The smallest absolute Gasteiger partial charge is 0.188 e. The van der Waals surface area contributed by atoms with Crippen LogP contribution in [0.4, 0.5) is 0 Å². The van der Waals surface area contributed by atoms with Crippen LogP contribution < -0.4 is 11.1 Å². The summed E-state index contributed by atoms with van der Waals surface area (Å²) in [6, 6.07) is 0. The van der Waals surface area contributed by atoms with Crippen molar-refractivity contribution < 1.29 is 4.74 Å². The molecule has 5 nitrogen and oxygen atoms in total. The van der Waals surface area contributed by atoms with Crippen molar-refractivity contribution in [1.29, 1.82) is 0 Å². The summed E-state index contributed by atoms with van der Waals surface area (Å²) in [5.41, 5.74) is 6.74. The molecule has 98 valence electrons. The maximum atomic E-state index is 5.72. The third-order valence-electron chi connectivity index (χ3n) is 2.57. The Morgan fingerprint density at radius 1 is 1.47 bits per heavy atom. The topological polar surface area (TPSA) is 62.9 Å². The van der Waals surface area contributed by atoms with E-state index in [2.05, 4.69) is 21.8 Å². The largest absolute Gasteiger partial charge is 0.380 e. The van der Waals surface area contributed by atoms with Crippen LogP contribution in [0.1, 0.15) is 13.3 Å². The van der Waals surface area contributed by atoms with Crippen LogP contribution in [0, 0.1) is 0 Å². The predicted octanol–water partition coefficient (Wildman–Crippen LogP) is 0.189. The molecular formula is C12H24N4O. The fourth-order valence-electron chi connectivity index (χ4n) is 1.64. The van der Waals surface area contributed by atoms with E-state index < -0.39 is 0 Å². The van der Waals surface area contributed by atoms with Crippen LogP contribution in [-0.2, 0) is 4.74 Å². The molecule has 0 atom stereocenters. The Hall–Kier alpha value is -1.07. The zero-order valence-electron chi connectivity index (χ0n) is 10.7. The lowest BCUT2D eigenvalue weighted by molar-refractivity contribution is 0.141. The van der Waals surface area contributed by atoms with Gasteiger partial charge < -0.3 is 15.8 Å². The minimum atomic E-state index is 0.499. The van der Waals surface area contributed by atoms with Gasteiger partial charge in [0.25, 0.3) is 0 Å². The number of guanidine groups is 1. The summed E-state index contributed by atoms with van der Waals surface area (Å²) in [5.74, 6) is 0.499. The average Bonchev–Trinajstić information content (AvgIpc) is 2.55. The molecule has 5 heteroatoms. The Morgan fingerprint density at radius 2 is 2.29 bits per heavy atom. The first kappa shape index (κ1) is 14.0. The second-order valence-electron chi connectivity index (χ2n) is 4.39. The Balaban J connectivity index is 2.13. The Bertz CT molecular complexity index is 257. The predicted molar refractivity (Wildman–Crippen MR) is 71.2 cm³/mol. The molecule has 17 heavy (non-hydrogen) atoms. The number of aliphatic imine (C=N–C) groups is 1. The van der Waals surface area contributed by atoms with Gasteiger partial charge in [-0.1, -0.05) is 12.2 Å². The molecule has 3 N–H and O–H groups in total. The molecule has 0 aliphatic carbocycles. The molecule has 0 saturated carbocycles. The second kappa shape index (κ2) is 8.08. The SMILES string of the molecule is C=C(C)CN=C(N)NCCN1CCCOCC1. The fraction of sp³-hybridized carbons (Fsp3) is 0.750. The van der Waals surface area contributed by atoms with Crippen molar-refractivity contribution in [3.8, 4) is 0 Å². The van der Waals surface area contributed by atoms with Crippen LogP contribution in [0.5, 0.6) is 0 Å². The van der Waals surface area contributed by atoms with Crippen LogP contribution in [0.2, 0.25) is 0 Å². The normalized spacial score (nSPS) is 18.8. The number of nitrogens with two attached hydrogens (primary N) is 1. The highest BCUT2D eigenvalue weighted by molar-refractivity contribution is 5.77. The van der Waals surface area contributed by atoms with Gasteiger partial charge in [0.05, 0.1) is 13.2 Å². The molecule has 0 unspecified atom stereocenters. The Labute approximate surface area is 104 Å². The molecule has 0 aromatic rings. The number of nitrogens with one attached hydrogen (secondary N) is 1. The fourth-order valence-corrected chi connectivity index (χ4v) is 1.64. The van der Waals surface area contributed by atoms with Crippen molar-refractivity contribution in [3.63, 3.8) is 0 Å². The highest BCUT2D eigenvalue weighted by Crippen LogP contribution is 1.97. The molecule has 0 spiro atoms. The van der Waals surface area contributed by atoms with E-state index in [-0.39, 0.29) is 0 Å². The van der Waals surface area contributed by atoms with Crippen LogP contribution >= 0.6 is 0 Å². The molecule has 1 saturated heterocycles. The van der Waals surface area contributed by atoms with Crippen LogP contribution in [-0.4, -0.2) is 56.8 Å². The highest BCUT2D eigenvalue weighted by atomic mass is 16.5. The van der Waals surface area contributed by atoms with Gasteiger partial charge in [-0.05, 0) is 13.3 Å². The third-order valence-corrected chi connectivity index (χ3v) is 2.57. The molecular weight excluding hydrogens is 216 g/mol. The molecule has 0 radical (unpaired) electrons. The summed E-state index contributed by atoms with van der Waals surface area (Å²) in [6.45, 7) is 11.9. The maximum Gasteiger partial charge on any atom is 0.188 e. The van der Waals surface area contributed by atoms with E-state index in [0.29, 0.717) is 12.5 Å². The summed E-state index contributed by atoms with van der Waals surface area (Å²) < 4.78 is 5.40. The Kier molecular flexibility index (Phi) is 6.65. The highest BCUT2D eigenvalue weighted by Gasteiger charge is 2.07. The van der Waals surface area contributed by atoms with Crippen molar-refractivity contribution in [2.45, 2.75) is 13.3 Å². The molecule has 0 aromatic heterocycles. The van der Waals surface area contributed by atoms with Gasteiger partial charge in [0.15, 0.2) is 5.96 Å². The molecule has 0 aromatic carbocycles. The van der Waals surface area contributed by atoms with Crippen molar-refractivity contribution in [2.24, 2.45) is 10.7 Å². The van der Waals surface area contributed by atoms with E-state index in [1.807, 2.05) is 6.92 Å². The van der Waals surface area contributed by atoms with E-state index in [0.717, 1.165) is 51.4 Å². The van der Waals surface area contributed by atoms with E-state index >= 15 is 0 Å². The average molecular weight is 240 g/mol. The lowest BCUT2D eigenvalue weighted by Crippen LogP contribution is -2.39. The quantitative estimate of drug-likeness (QED) is 0.409. The van der Waals surface area contributed by atoms with Crippen molar-refractivity contribution >= 4 is 5.96 Å². The summed E-state index contributed by atoms with van der Waals surface area (Å²) in [6.07, 6.45) is 1.11. The number of rotatable bonds is 5. The minimum absolute atomic E-state index is 0.499. The zero-order valence-corrected chi connectivity index (χ0v) is 10.7. The van der Waals surface area contributed by atoms with Gasteiger partial charge in [-0.15, -0.1) is 0 Å². The first-order valence-electron chi connectivity index (χ1n) is 6.17. The Morgan fingerprint density at radius 3 is 3.06 bits per heavy atom. The van der Waals surface area contributed by atoms with Crippen LogP contribution in [0.25, 0.3) is 0 Å². The molecule has 1 fully saturated rings. The molecule has 0 amide bonds. The van der Waals surface area contributed by atoms with Crippen LogP contribution in [0.3, 0.4) is 0 Å². The van der Waals surface area contributed by atoms with Crippen molar-refractivity contribution in [1.82, 2.24) is 10.2 Å². The van der Waals surface area contributed by atoms with E-state index in [9.17, 15) is 0 Å². The third kappa shape index (κ3) is 6.97. The van der Waals surface area contributed by atoms with Gasteiger partial charge in [-0.25, -0.2) is 4.99 Å². The molecule has 0 bridgehead atoms. The first-order chi connectivity index (χ1) is 8.18. The van der Waals surface area contributed by atoms with Crippen molar-refractivity contribution in [2.75, 3.05) is 45.9 Å². The van der Waals surface area contributed by atoms with E-state index in [1.165, 1.54) is 0 Å². The van der Waals surface area contributed by atoms with Gasteiger partial charge >= 0.3 is 0 Å². The maximum absolute atomic E-state index is 5.72. The van der Waals surface area contributed by atoms with Gasteiger partial charge in [0, 0.05) is 32.8 Å². The summed E-state index contributed by atoms with van der Waals surface area (Å²) in [7, 11) is 0. The second-order valence-corrected chi connectivity index (χ2v) is 4.39. The summed E-state index contributed by atoms with van der Waals surface area (Å²) >= 11 is 0. The van der Waals surface area contributed by atoms with Gasteiger partial charge in [-0.2, -0.15) is 0 Å². The van der Waals surface area contributed by atoms with Crippen LogP contribution in [0.15, 0.2) is 17.1 Å². The molecule has 1 aliphatic heterocycles. The lowest BCUT2D eigenvalue weighted by atomic mass is 10.4. The summed E-state index contributed by atoms with van der Waals surface area (Å²) in [4.78, 5) is 6.55. The first-order valence-corrected chi connectivity index (χ1v) is 6.17. The number of hydrogen-bond acceptors (Lipinski definition) is 3. The monoisotopic (exact) mass is 240 g/mol. The zero-order chi connectivity index (χ0) is 12.5. The lowest BCUT2D eigenvalue weighted by Gasteiger charge is -2.19. The number of ether oxygens (including phenoxy) is 1. The van der Waals surface area contributed by atoms with E-state index in [4.69, 9.17) is 10.5 Å². The molecule has 1 rings (SSSR count). The van der Waals surface area contributed by atoms with Gasteiger partial charge in [0.1, 0.15) is 0 Å². The molecule has 1 heterocycles. The number of nitrogens with zero attached hydrogens (tertiary/aromatic N) is 2. The molecule has 1 aliphatic rings. The number of hydrogen-bond donors (Lipinski definition) is 2. The summed E-state index contributed by atoms with van der Waals surface area (Å²) in [5, 5.41) is 3.11.